The second-order valence-corrected chi connectivity index (χ2v) is 8.41. The maximum atomic E-state index is 13.0. The van der Waals surface area contributed by atoms with E-state index >= 15 is 0 Å². The lowest BCUT2D eigenvalue weighted by Gasteiger charge is -2.39. The van der Waals surface area contributed by atoms with Crippen molar-refractivity contribution in [1.29, 1.82) is 0 Å². The Balaban J connectivity index is 1.69. The summed E-state index contributed by atoms with van der Waals surface area (Å²) in [6.45, 7) is 1.10. The van der Waals surface area contributed by atoms with Crippen LogP contribution in [0.4, 0.5) is 0 Å². The fraction of sp³-hybridized carbons (Fsp3) is 0.458. The highest BCUT2D eigenvalue weighted by molar-refractivity contribution is 5.79. The molecule has 0 radical (unpaired) electrons. The van der Waals surface area contributed by atoms with Crippen LogP contribution in [0.2, 0.25) is 0 Å². The van der Waals surface area contributed by atoms with Crippen LogP contribution in [0.5, 0.6) is 28.7 Å². The zero-order valence-electron chi connectivity index (χ0n) is 18.5. The molecule has 0 unspecified atom stereocenters. The van der Waals surface area contributed by atoms with Crippen LogP contribution in [0.3, 0.4) is 0 Å². The molecule has 2 aromatic carbocycles. The Bertz CT molecular complexity index is 1050. The van der Waals surface area contributed by atoms with Gasteiger partial charge in [-0.25, -0.2) is 0 Å². The van der Waals surface area contributed by atoms with Crippen LogP contribution < -0.4 is 24.3 Å². The van der Waals surface area contributed by atoms with Crippen LogP contribution in [0.25, 0.3) is 0 Å². The van der Waals surface area contributed by atoms with Gasteiger partial charge in [0.15, 0.2) is 23.0 Å². The number of benzene rings is 2. The van der Waals surface area contributed by atoms with E-state index in [-0.39, 0.29) is 61.1 Å². The number of phenolic OH excluding ortho intramolecular Hbond substituents is 1. The molecular weight excluding hydrogens is 430 g/mol. The molecule has 9 heteroatoms. The highest BCUT2D eigenvalue weighted by atomic mass is 16.7. The third-order valence-electron chi connectivity index (χ3n) is 6.75. The van der Waals surface area contributed by atoms with E-state index in [2.05, 4.69) is 5.32 Å². The van der Waals surface area contributed by atoms with E-state index in [1.165, 1.54) is 14.2 Å². The summed E-state index contributed by atoms with van der Waals surface area (Å²) in [5.74, 6) is 0.488. The van der Waals surface area contributed by atoms with Gasteiger partial charge in [0.1, 0.15) is 0 Å². The SMILES string of the molecule is COc1cc([C@@H]2c3cc4c(cc3[C@H](NCCCO)[C@H]3COC(=O)[C@H]23)OCO4)cc(OC)c1O. The molecule has 9 nitrogen and oxygen atoms in total. The smallest absolute Gasteiger partial charge is 0.310 e. The minimum Gasteiger partial charge on any atom is -0.502 e. The molecule has 1 saturated heterocycles. The van der Waals surface area contributed by atoms with Crippen molar-refractivity contribution in [3.05, 3.63) is 41.0 Å². The maximum absolute atomic E-state index is 13.0. The largest absolute Gasteiger partial charge is 0.502 e. The summed E-state index contributed by atoms with van der Waals surface area (Å²) in [7, 11) is 2.94. The molecule has 0 saturated carbocycles. The van der Waals surface area contributed by atoms with Crippen LogP contribution in [0, 0.1) is 11.8 Å². The average Bonchev–Trinajstić information content (AvgIpc) is 3.44. The zero-order valence-corrected chi connectivity index (χ0v) is 18.5. The first-order valence-corrected chi connectivity index (χ1v) is 11.0. The molecule has 0 spiro atoms. The maximum Gasteiger partial charge on any atom is 0.310 e. The first-order valence-electron chi connectivity index (χ1n) is 11.0. The predicted octanol–water partition coefficient (Wildman–Crippen LogP) is 2.09. The summed E-state index contributed by atoms with van der Waals surface area (Å²) < 4.78 is 27.6. The molecule has 3 aliphatic rings. The van der Waals surface area contributed by atoms with Crippen LogP contribution in [-0.2, 0) is 9.53 Å². The Morgan fingerprint density at radius 2 is 1.70 bits per heavy atom. The van der Waals surface area contributed by atoms with Crippen molar-refractivity contribution in [1.82, 2.24) is 5.32 Å². The van der Waals surface area contributed by atoms with Crippen molar-refractivity contribution in [3.8, 4) is 28.7 Å². The molecule has 2 heterocycles. The quantitative estimate of drug-likeness (QED) is 0.425. The number of hydrogen-bond donors (Lipinski definition) is 3. The van der Waals surface area contributed by atoms with Crippen molar-refractivity contribution in [2.24, 2.45) is 11.8 Å². The third-order valence-corrected chi connectivity index (χ3v) is 6.75. The van der Waals surface area contributed by atoms with Crippen LogP contribution in [0.1, 0.15) is 35.1 Å². The Morgan fingerprint density at radius 3 is 2.33 bits per heavy atom. The number of aliphatic hydroxyl groups excluding tert-OH is 1. The molecule has 5 rings (SSSR count). The fourth-order valence-electron chi connectivity index (χ4n) is 5.25. The molecule has 1 aliphatic carbocycles. The van der Waals surface area contributed by atoms with E-state index in [9.17, 15) is 15.0 Å². The lowest BCUT2D eigenvalue weighted by atomic mass is 9.65. The van der Waals surface area contributed by atoms with E-state index in [1.807, 2.05) is 12.1 Å². The Hall–Kier alpha value is -3.17. The Labute approximate surface area is 191 Å². The number of fused-ring (bicyclic) bond motifs is 3. The Kier molecular flexibility index (Phi) is 5.67. The van der Waals surface area contributed by atoms with Gasteiger partial charge in [-0.1, -0.05) is 0 Å². The van der Waals surface area contributed by atoms with Gasteiger partial charge in [0.2, 0.25) is 12.5 Å². The van der Waals surface area contributed by atoms with Crippen LogP contribution >= 0.6 is 0 Å². The molecule has 176 valence electrons. The van der Waals surface area contributed by atoms with Crippen LogP contribution in [-0.4, -0.2) is 57.0 Å². The van der Waals surface area contributed by atoms with Crippen molar-refractivity contribution < 1.29 is 38.7 Å². The average molecular weight is 457 g/mol. The number of carbonyl (C=O) groups excluding carboxylic acids is 1. The number of aromatic hydroxyl groups is 1. The summed E-state index contributed by atoms with van der Waals surface area (Å²) in [5.41, 5.74) is 2.67. The van der Waals surface area contributed by atoms with Gasteiger partial charge >= 0.3 is 5.97 Å². The van der Waals surface area contributed by atoms with Gasteiger partial charge < -0.3 is 39.2 Å². The van der Waals surface area contributed by atoms with Crippen LogP contribution in [0.15, 0.2) is 24.3 Å². The summed E-state index contributed by atoms with van der Waals surface area (Å²) in [6, 6.07) is 7.21. The summed E-state index contributed by atoms with van der Waals surface area (Å²) >= 11 is 0. The molecule has 0 amide bonds. The molecule has 3 N–H and O–H groups in total. The molecule has 0 aromatic heterocycles. The van der Waals surface area contributed by atoms with Crippen molar-refractivity contribution >= 4 is 5.97 Å². The molecule has 2 aromatic rings. The highest BCUT2D eigenvalue weighted by Gasteiger charge is 2.52. The first kappa shape index (κ1) is 21.7. The normalized spacial score (nSPS) is 24.8. The van der Waals surface area contributed by atoms with Gasteiger partial charge in [-0.05, 0) is 53.9 Å². The second-order valence-electron chi connectivity index (χ2n) is 8.41. The number of nitrogens with one attached hydrogen (secondary N) is 1. The lowest BCUT2D eigenvalue weighted by Crippen LogP contribution is -2.41. The van der Waals surface area contributed by atoms with Crippen molar-refractivity contribution in [3.63, 3.8) is 0 Å². The van der Waals surface area contributed by atoms with E-state index in [1.54, 1.807) is 12.1 Å². The van der Waals surface area contributed by atoms with Gasteiger partial charge in [0, 0.05) is 24.5 Å². The number of ether oxygens (including phenoxy) is 5. The molecule has 4 atom stereocenters. The number of hydrogen-bond acceptors (Lipinski definition) is 9. The number of cyclic esters (lactones) is 1. The summed E-state index contributed by atoms with van der Waals surface area (Å²) in [4.78, 5) is 13.0. The fourth-order valence-corrected chi connectivity index (χ4v) is 5.25. The van der Waals surface area contributed by atoms with E-state index in [0.29, 0.717) is 24.5 Å². The monoisotopic (exact) mass is 457 g/mol. The molecule has 0 bridgehead atoms. The van der Waals surface area contributed by atoms with E-state index in [0.717, 1.165) is 16.7 Å². The third kappa shape index (κ3) is 3.52. The number of rotatable bonds is 7. The van der Waals surface area contributed by atoms with E-state index < -0.39 is 5.92 Å². The van der Waals surface area contributed by atoms with Gasteiger partial charge in [0.05, 0.1) is 26.7 Å². The Morgan fingerprint density at radius 1 is 1.03 bits per heavy atom. The molecule has 33 heavy (non-hydrogen) atoms. The number of esters is 1. The lowest BCUT2D eigenvalue weighted by molar-refractivity contribution is -0.141. The zero-order chi connectivity index (χ0) is 23.1. The molecule has 2 aliphatic heterocycles. The van der Waals surface area contributed by atoms with Crippen molar-refractivity contribution in [2.45, 2.75) is 18.4 Å². The highest BCUT2D eigenvalue weighted by Crippen LogP contribution is 2.55. The standard InChI is InChI=1S/C24H27NO8/c1-29-18-6-12(7-19(30-2)23(18)27)20-13-8-16-17(33-11-32-16)9-14(13)22(25-4-3-5-26)15-10-31-24(28)21(15)20/h6-9,15,20-22,25-27H,3-5,10-11H2,1-2H3/t15-,20+,21-,22-/m0/s1. The number of methoxy groups -OCH3 is 2. The number of aliphatic hydroxyl groups is 1. The van der Waals surface area contributed by atoms with E-state index in [4.69, 9.17) is 23.7 Å². The topological polar surface area (TPSA) is 116 Å². The van der Waals surface area contributed by atoms with Gasteiger partial charge in [-0.15, -0.1) is 0 Å². The minimum absolute atomic E-state index is 0.0764. The number of carbonyl (C=O) groups is 1. The van der Waals surface area contributed by atoms with Gasteiger partial charge in [0.25, 0.3) is 0 Å². The van der Waals surface area contributed by atoms with Crippen molar-refractivity contribution in [2.75, 3.05) is 40.8 Å². The van der Waals surface area contributed by atoms with Gasteiger partial charge in [-0.2, -0.15) is 0 Å². The van der Waals surface area contributed by atoms with Gasteiger partial charge in [-0.3, -0.25) is 4.79 Å². The number of phenols is 1. The molecule has 1 fully saturated rings. The molecular formula is C24H27NO8. The first-order chi connectivity index (χ1) is 16.1. The summed E-state index contributed by atoms with van der Waals surface area (Å²) in [5, 5.41) is 23.2. The second kappa shape index (κ2) is 8.64. The minimum atomic E-state index is -0.455. The summed E-state index contributed by atoms with van der Waals surface area (Å²) in [6.07, 6.45) is 0.596. The predicted molar refractivity (Wildman–Crippen MR) is 116 cm³/mol.